The van der Waals surface area contributed by atoms with Gasteiger partial charge in [-0.25, -0.2) is 4.98 Å². The molecule has 1 aliphatic rings. The zero-order valence-corrected chi connectivity index (χ0v) is 9.52. The van der Waals surface area contributed by atoms with E-state index in [0.717, 1.165) is 6.54 Å². The van der Waals surface area contributed by atoms with Crippen molar-refractivity contribution in [1.82, 2.24) is 9.55 Å². The van der Waals surface area contributed by atoms with Gasteiger partial charge in [-0.1, -0.05) is 19.3 Å². The van der Waals surface area contributed by atoms with Crippen molar-refractivity contribution < 1.29 is 0 Å². The summed E-state index contributed by atoms with van der Waals surface area (Å²) >= 11 is 0. The molecule has 3 heteroatoms. The van der Waals surface area contributed by atoms with E-state index in [9.17, 15) is 0 Å². The van der Waals surface area contributed by atoms with Crippen molar-refractivity contribution in [2.24, 2.45) is 18.7 Å². The van der Waals surface area contributed by atoms with E-state index < -0.39 is 0 Å². The molecule has 1 aromatic heterocycles. The molecule has 2 rings (SSSR count). The van der Waals surface area contributed by atoms with Gasteiger partial charge in [0.2, 0.25) is 0 Å². The van der Waals surface area contributed by atoms with Crippen molar-refractivity contribution in [2.45, 2.75) is 38.0 Å². The molecule has 1 aliphatic carbocycles. The lowest BCUT2D eigenvalue weighted by Gasteiger charge is -2.23. The Kier molecular flexibility index (Phi) is 3.41. The van der Waals surface area contributed by atoms with E-state index >= 15 is 0 Å². The van der Waals surface area contributed by atoms with E-state index in [4.69, 9.17) is 5.73 Å². The lowest BCUT2D eigenvalue weighted by molar-refractivity contribution is 0.387. The van der Waals surface area contributed by atoms with Crippen LogP contribution in [0.2, 0.25) is 0 Å². The summed E-state index contributed by atoms with van der Waals surface area (Å²) in [5.41, 5.74) is 5.88. The molecule has 1 aromatic rings. The maximum absolute atomic E-state index is 5.88. The van der Waals surface area contributed by atoms with Crippen LogP contribution in [-0.2, 0) is 7.05 Å². The van der Waals surface area contributed by atoms with Crippen LogP contribution in [0.3, 0.4) is 0 Å². The third-order valence-electron chi connectivity index (χ3n) is 3.65. The molecule has 0 radical (unpaired) electrons. The van der Waals surface area contributed by atoms with Gasteiger partial charge in [0.15, 0.2) is 0 Å². The summed E-state index contributed by atoms with van der Waals surface area (Å²) in [5.74, 6) is 2.44. The van der Waals surface area contributed by atoms with Crippen LogP contribution in [0.5, 0.6) is 0 Å². The quantitative estimate of drug-likeness (QED) is 0.754. The van der Waals surface area contributed by atoms with Crippen LogP contribution in [0, 0.1) is 5.92 Å². The number of imidazole rings is 1. The third kappa shape index (κ3) is 2.23. The fraction of sp³-hybridized carbons (Fsp3) is 0.750. The lowest BCUT2D eigenvalue weighted by atomic mass is 9.87. The number of rotatable bonds is 2. The van der Waals surface area contributed by atoms with Gasteiger partial charge in [-0.15, -0.1) is 0 Å². The molecule has 0 amide bonds. The number of aromatic nitrogens is 2. The second-order valence-electron chi connectivity index (χ2n) is 4.64. The maximum atomic E-state index is 5.88. The van der Waals surface area contributed by atoms with E-state index in [0.29, 0.717) is 11.8 Å². The lowest BCUT2D eigenvalue weighted by Crippen LogP contribution is -2.23. The van der Waals surface area contributed by atoms with Gasteiger partial charge in [-0.3, -0.25) is 0 Å². The molecule has 0 aromatic carbocycles. The van der Waals surface area contributed by atoms with Gasteiger partial charge < -0.3 is 10.3 Å². The summed E-state index contributed by atoms with van der Waals surface area (Å²) in [6, 6.07) is 0. The summed E-state index contributed by atoms with van der Waals surface area (Å²) in [4.78, 5) is 4.49. The smallest absolute Gasteiger partial charge is 0.111 e. The van der Waals surface area contributed by atoms with Gasteiger partial charge in [-0.2, -0.15) is 0 Å². The summed E-state index contributed by atoms with van der Waals surface area (Å²) in [5, 5.41) is 0. The maximum Gasteiger partial charge on any atom is 0.111 e. The molecule has 1 fully saturated rings. The number of aryl methyl sites for hydroxylation is 1. The number of hydrogen-bond donors (Lipinski definition) is 1. The number of nitrogens with zero attached hydrogens (tertiary/aromatic N) is 2. The fourth-order valence-electron chi connectivity index (χ4n) is 2.74. The van der Waals surface area contributed by atoms with E-state index in [2.05, 4.69) is 16.6 Å². The molecule has 0 saturated heterocycles. The van der Waals surface area contributed by atoms with Crippen molar-refractivity contribution in [1.29, 1.82) is 0 Å². The first kappa shape index (κ1) is 10.7. The Balaban J connectivity index is 2.20. The standard InChI is InChI=1S/C12H21N3/c1-15-8-7-14-12(15)11-6-4-2-3-5-10(11)9-13/h7-8,10-11H,2-6,9,13H2,1H3. The first-order valence-corrected chi connectivity index (χ1v) is 6.00. The molecule has 1 saturated carbocycles. The minimum atomic E-state index is 0.581. The summed E-state index contributed by atoms with van der Waals surface area (Å²) in [6.07, 6.45) is 10.5. The van der Waals surface area contributed by atoms with Gasteiger partial charge in [0.1, 0.15) is 5.82 Å². The SMILES string of the molecule is Cn1ccnc1C1CCCCCC1CN. The average Bonchev–Trinajstić information content (AvgIpc) is 2.54. The molecule has 3 nitrogen and oxygen atoms in total. The highest BCUT2D eigenvalue weighted by Crippen LogP contribution is 2.34. The van der Waals surface area contributed by atoms with Crippen LogP contribution in [0.15, 0.2) is 12.4 Å². The molecule has 15 heavy (non-hydrogen) atoms. The fourth-order valence-corrected chi connectivity index (χ4v) is 2.74. The summed E-state index contributed by atoms with van der Waals surface area (Å²) < 4.78 is 2.15. The Morgan fingerprint density at radius 3 is 2.87 bits per heavy atom. The molecule has 2 N–H and O–H groups in total. The van der Waals surface area contributed by atoms with Crippen molar-refractivity contribution in [3.8, 4) is 0 Å². The predicted octanol–water partition coefficient (Wildman–Crippen LogP) is 2.04. The second kappa shape index (κ2) is 4.79. The van der Waals surface area contributed by atoms with E-state index in [1.54, 1.807) is 0 Å². The zero-order chi connectivity index (χ0) is 10.7. The molecule has 2 atom stereocenters. The molecule has 0 spiro atoms. The Morgan fingerprint density at radius 1 is 1.40 bits per heavy atom. The first-order valence-electron chi connectivity index (χ1n) is 6.00. The second-order valence-corrected chi connectivity index (χ2v) is 4.64. The molecular weight excluding hydrogens is 186 g/mol. The van der Waals surface area contributed by atoms with Gasteiger partial charge in [0.25, 0.3) is 0 Å². The predicted molar refractivity (Wildman–Crippen MR) is 61.6 cm³/mol. The minimum absolute atomic E-state index is 0.581. The van der Waals surface area contributed by atoms with Gasteiger partial charge >= 0.3 is 0 Å². The Labute approximate surface area is 91.7 Å². The van der Waals surface area contributed by atoms with Crippen LogP contribution in [-0.4, -0.2) is 16.1 Å². The molecule has 84 valence electrons. The highest BCUT2D eigenvalue weighted by molar-refractivity contribution is 5.03. The highest BCUT2D eigenvalue weighted by Gasteiger charge is 2.26. The molecule has 0 aliphatic heterocycles. The zero-order valence-electron chi connectivity index (χ0n) is 9.52. The van der Waals surface area contributed by atoms with Crippen LogP contribution >= 0.6 is 0 Å². The molecule has 0 bridgehead atoms. The third-order valence-corrected chi connectivity index (χ3v) is 3.65. The van der Waals surface area contributed by atoms with E-state index in [-0.39, 0.29) is 0 Å². The van der Waals surface area contributed by atoms with Gasteiger partial charge in [0, 0.05) is 25.4 Å². The van der Waals surface area contributed by atoms with Crippen LogP contribution < -0.4 is 5.73 Å². The van der Waals surface area contributed by atoms with Crippen molar-refractivity contribution in [3.63, 3.8) is 0 Å². The first-order chi connectivity index (χ1) is 7.33. The summed E-state index contributed by atoms with van der Waals surface area (Å²) in [6.45, 7) is 0.803. The van der Waals surface area contributed by atoms with Crippen molar-refractivity contribution >= 4 is 0 Å². The van der Waals surface area contributed by atoms with Gasteiger partial charge in [0.05, 0.1) is 0 Å². The normalized spacial score (nSPS) is 27.6. The van der Waals surface area contributed by atoms with Crippen LogP contribution in [0.1, 0.15) is 43.8 Å². The van der Waals surface area contributed by atoms with E-state index in [1.807, 2.05) is 12.4 Å². The number of hydrogen-bond acceptors (Lipinski definition) is 2. The largest absolute Gasteiger partial charge is 0.338 e. The minimum Gasteiger partial charge on any atom is -0.338 e. The van der Waals surface area contributed by atoms with E-state index in [1.165, 1.54) is 37.9 Å². The molecule has 1 heterocycles. The Bertz CT molecular complexity index is 306. The Morgan fingerprint density at radius 2 is 2.20 bits per heavy atom. The average molecular weight is 207 g/mol. The van der Waals surface area contributed by atoms with Crippen molar-refractivity contribution in [2.75, 3.05) is 6.54 Å². The molecule has 2 unspecified atom stereocenters. The number of nitrogens with two attached hydrogens (primary N) is 1. The topological polar surface area (TPSA) is 43.8 Å². The highest BCUT2D eigenvalue weighted by atomic mass is 15.0. The molecular formula is C12H21N3. The van der Waals surface area contributed by atoms with Crippen LogP contribution in [0.25, 0.3) is 0 Å². The summed E-state index contributed by atoms with van der Waals surface area (Å²) in [7, 11) is 2.08. The monoisotopic (exact) mass is 207 g/mol. The Hall–Kier alpha value is -0.830. The van der Waals surface area contributed by atoms with Crippen molar-refractivity contribution in [3.05, 3.63) is 18.2 Å². The van der Waals surface area contributed by atoms with Gasteiger partial charge in [-0.05, 0) is 25.3 Å². The van der Waals surface area contributed by atoms with Crippen LogP contribution in [0.4, 0.5) is 0 Å².